The molecule has 1 fully saturated rings. The molecule has 1 aromatic rings. The summed E-state index contributed by atoms with van der Waals surface area (Å²) in [5, 5.41) is 5.71. The van der Waals surface area contributed by atoms with Crippen LogP contribution in [0.2, 0.25) is 0 Å². The molecule has 0 unspecified atom stereocenters. The van der Waals surface area contributed by atoms with E-state index in [1.54, 1.807) is 24.3 Å². The van der Waals surface area contributed by atoms with Crippen LogP contribution in [0.25, 0.3) is 0 Å². The molecule has 0 radical (unpaired) electrons. The van der Waals surface area contributed by atoms with Crippen molar-refractivity contribution in [2.45, 2.75) is 6.92 Å². The Labute approximate surface area is 118 Å². The lowest BCUT2D eigenvalue weighted by Gasteiger charge is -2.26. The number of piperazine rings is 1. The monoisotopic (exact) mass is 298 g/mol. The van der Waals surface area contributed by atoms with Crippen molar-refractivity contribution in [2.75, 3.05) is 36.2 Å². The fourth-order valence-corrected chi connectivity index (χ4v) is 3.18. The van der Waals surface area contributed by atoms with Crippen molar-refractivity contribution in [3.8, 4) is 0 Å². The van der Waals surface area contributed by atoms with E-state index < -0.39 is 10.2 Å². The van der Waals surface area contributed by atoms with Crippen LogP contribution < -0.4 is 15.4 Å². The smallest absolute Gasteiger partial charge is 0.301 e. The van der Waals surface area contributed by atoms with E-state index in [9.17, 15) is 13.2 Å². The number of hydrogen-bond donors (Lipinski definition) is 3. The molecular formula is C12H18N4O3S. The lowest BCUT2D eigenvalue weighted by molar-refractivity contribution is -0.114. The van der Waals surface area contributed by atoms with Crippen LogP contribution in [0, 0.1) is 0 Å². The molecule has 0 saturated carbocycles. The van der Waals surface area contributed by atoms with Crippen LogP contribution in [0.1, 0.15) is 6.92 Å². The van der Waals surface area contributed by atoms with Crippen LogP contribution >= 0.6 is 0 Å². The number of nitrogens with one attached hydrogen (secondary N) is 3. The van der Waals surface area contributed by atoms with Crippen molar-refractivity contribution >= 4 is 27.5 Å². The molecule has 0 aromatic heterocycles. The average Bonchev–Trinajstić information content (AvgIpc) is 2.39. The van der Waals surface area contributed by atoms with Crippen molar-refractivity contribution in [3.63, 3.8) is 0 Å². The highest BCUT2D eigenvalue weighted by Crippen LogP contribution is 2.17. The lowest BCUT2D eigenvalue weighted by atomic mass is 10.3. The zero-order valence-corrected chi connectivity index (χ0v) is 12.0. The maximum absolute atomic E-state index is 12.2. The quantitative estimate of drug-likeness (QED) is 0.741. The molecule has 110 valence electrons. The van der Waals surface area contributed by atoms with Gasteiger partial charge in [0, 0.05) is 38.8 Å². The van der Waals surface area contributed by atoms with Crippen molar-refractivity contribution in [1.29, 1.82) is 0 Å². The fraction of sp³-hybridized carbons (Fsp3) is 0.417. The summed E-state index contributed by atoms with van der Waals surface area (Å²) in [6, 6.07) is 6.61. The van der Waals surface area contributed by atoms with Crippen LogP contribution in [0.15, 0.2) is 24.3 Å². The molecule has 8 heteroatoms. The van der Waals surface area contributed by atoms with E-state index in [2.05, 4.69) is 15.4 Å². The standard InChI is InChI=1S/C12H18N4O3S/c1-10(17)14-11-3-2-4-12(9-11)15-20(18,19)16-7-5-13-6-8-16/h2-4,9,13,15H,5-8H2,1H3,(H,14,17). The highest BCUT2D eigenvalue weighted by atomic mass is 32.2. The molecule has 7 nitrogen and oxygen atoms in total. The fourth-order valence-electron chi connectivity index (χ4n) is 1.96. The van der Waals surface area contributed by atoms with E-state index in [1.807, 2.05) is 0 Å². The van der Waals surface area contributed by atoms with Crippen molar-refractivity contribution in [1.82, 2.24) is 9.62 Å². The maximum atomic E-state index is 12.2. The van der Waals surface area contributed by atoms with E-state index >= 15 is 0 Å². The summed E-state index contributed by atoms with van der Waals surface area (Å²) in [7, 11) is -3.55. The second-order valence-electron chi connectivity index (χ2n) is 4.52. The number of nitrogens with zero attached hydrogens (tertiary/aromatic N) is 1. The molecule has 1 amide bonds. The highest BCUT2D eigenvalue weighted by Gasteiger charge is 2.23. The molecule has 0 bridgehead atoms. The lowest BCUT2D eigenvalue weighted by Crippen LogP contribution is -2.48. The Bertz CT molecular complexity index is 582. The first-order chi connectivity index (χ1) is 9.47. The number of amides is 1. The largest absolute Gasteiger partial charge is 0.326 e. The number of carbonyl (C=O) groups excluding carboxylic acids is 1. The Morgan fingerprint density at radius 3 is 2.55 bits per heavy atom. The second kappa shape index (κ2) is 6.21. The van der Waals surface area contributed by atoms with Gasteiger partial charge in [-0.05, 0) is 18.2 Å². The Kier molecular flexibility index (Phi) is 4.58. The SMILES string of the molecule is CC(=O)Nc1cccc(NS(=O)(=O)N2CCNCC2)c1. The van der Waals surface area contributed by atoms with Gasteiger partial charge in [-0.2, -0.15) is 12.7 Å². The molecule has 1 aliphatic rings. The van der Waals surface area contributed by atoms with Crippen LogP contribution in [0.3, 0.4) is 0 Å². The topological polar surface area (TPSA) is 90.5 Å². The summed E-state index contributed by atoms with van der Waals surface area (Å²) in [5.41, 5.74) is 0.979. The zero-order valence-electron chi connectivity index (χ0n) is 11.2. The van der Waals surface area contributed by atoms with E-state index in [0.717, 1.165) is 0 Å². The van der Waals surface area contributed by atoms with Gasteiger partial charge in [-0.3, -0.25) is 9.52 Å². The minimum absolute atomic E-state index is 0.202. The Morgan fingerprint density at radius 1 is 1.25 bits per heavy atom. The van der Waals surface area contributed by atoms with Gasteiger partial charge in [-0.15, -0.1) is 0 Å². The number of benzene rings is 1. The molecule has 2 rings (SSSR count). The van der Waals surface area contributed by atoms with Gasteiger partial charge in [-0.25, -0.2) is 0 Å². The molecule has 0 atom stereocenters. The minimum atomic E-state index is -3.55. The summed E-state index contributed by atoms with van der Waals surface area (Å²) in [4.78, 5) is 11.0. The molecule has 1 aromatic carbocycles. The van der Waals surface area contributed by atoms with Crippen molar-refractivity contribution in [3.05, 3.63) is 24.3 Å². The molecule has 0 aliphatic carbocycles. The first kappa shape index (κ1) is 14.8. The first-order valence-corrected chi connectivity index (χ1v) is 7.78. The Hall–Kier alpha value is -1.64. The highest BCUT2D eigenvalue weighted by molar-refractivity contribution is 7.90. The van der Waals surface area contributed by atoms with Gasteiger partial charge >= 0.3 is 10.2 Å². The number of carbonyl (C=O) groups is 1. The molecule has 1 heterocycles. The Morgan fingerprint density at radius 2 is 1.90 bits per heavy atom. The Balaban J connectivity index is 2.10. The van der Waals surface area contributed by atoms with E-state index in [1.165, 1.54) is 11.2 Å². The van der Waals surface area contributed by atoms with Crippen molar-refractivity contribution < 1.29 is 13.2 Å². The second-order valence-corrected chi connectivity index (χ2v) is 6.19. The summed E-state index contributed by atoms with van der Waals surface area (Å²) < 4.78 is 28.3. The van der Waals surface area contributed by atoms with Crippen LogP contribution in [-0.4, -0.2) is 44.8 Å². The molecule has 1 saturated heterocycles. The predicted octanol–water partition coefficient (Wildman–Crippen LogP) is 0.207. The van der Waals surface area contributed by atoms with E-state index in [0.29, 0.717) is 37.6 Å². The maximum Gasteiger partial charge on any atom is 0.301 e. The number of anilines is 2. The third-order valence-electron chi connectivity index (χ3n) is 2.85. The molecular weight excluding hydrogens is 280 g/mol. The van der Waals surface area contributed by atoms with Crippen molar-refractivity contribution in [2.24, 2.45) is 0 Å². The molecule has 0 spiro atoms. The van der Waals surface area contributed by atoms with E-state index in [4.69, 9.17) is 0 Å². The number of hydrogen-bond acceptors (Lipinski definition) is 4. The summed E-state index contributed by atoms with van der Waals surface area (Å²) in [6.07, 6.45) is 0. The minimum Gasteiger partial charge on any atom is -0.326 e. The van der Waals surface area contributed by atoms with Crippen LogP contribution in [0.5, 0.6) is 0 Å². The summed E-state index contributed by atoms with van der Waals surface area (Å²) >= 11 is 0. The van der Waals surface area contributed by atoms with Crippen LogP contribution in [0.4, 0.5) is 11.4 Å². The summed E-state index contributed by atoms with van der Waals surface area (Å²) in [5.74, 6) is -0.202. The van der Waals surface area contributed by atoms with E-state index in [-0.39, 0.29) is 5.91 Å². The normalized spacial score (nSPS) is 16.6. The average molecular weight is 298 g/mol. The van der Waals surface area contributed by atoms with Gasteiger partial charge in [0.25, 0.3) is 0 Å². The molecule has 20 heavy (non-hydrogen) atoms. The van der Waals surface area contributed by atoms with Gasteiger partial charge in [-0.1, -0.05) is 6.07 Å². The van der Waals surface area contributed by atoms with Gasteiger partial charge in [0.2, 0.25) is 5.91 Å². The molecule has 3 N–H and O–H groups in total. The van der Waals surface area contributed by atoms with Gasteiger partial charge in [0.1, 0.15) is 0 Å². The third kappa shape index (κ3) is 3.92. The zero-order chi connectivity index (χ0) is 14.6. The predicted molar refractivity (Wildman–Crippen MR) is 77.7 cm³/mol. The van der Waals surface area contributed by atoms with Crippen LogP contribution in [-0.2, 0) is 15.0 Å². The van der Waals surface area contributed by atoms with Gasteiger partial charge in [0.05, 0.1) is 5.69 Å². The summed E-state index contributed by atoms with van der Waals surface area (Å²) in [6.45, 7) is 3.58. The van der Waals surface area contributed by atoms with Gasteiger partial charge in [0.15, 0.2) is 0 Å². The van der Waals surface area contributed by atoms with Gasteiger partial charge < -0.3 is 10.6 Å². The molecule has 1 aliphatic heterocycles. The first-order valence-electron chi connectivity index (χ1n) is 6.34. The number of rotatable bonds is 4. The third-order valence-corrected chi connectivity index (χ3v) is 4.38.